The third-order valence-corrected chi connectivity index (χ3v) is 3.54. The molecular weight excluding hydrogens is 264 g/mol. The molecule has 2 rings (SSSR count). The zero-order valence-electron chi connectivity index (χ0n) is 12.9. The Hall–Kier alpha value is -1.73. The van der Waals surface area contributed by atoms with E-state index in [4.69, 9.17) is 14.7 Å². The fraction of sp³-hybridized carbons (Fsp3) is 0.588. The molecule has 0 N–H and O–H groups in total. The molecule has 0 amide bonds. The van der Waals surface area contributed by atoms with Crippen molar-refractivity contribution in [3.63, 3.8) is 0 Å². The van der Waals surface area contributed by atoms with Crippen LogP contribution in [0, 0.1) is 17.2 Å². The van der Waals surface area contributed by atoms with Crippen LogP contribution in [-0.4, -0.2) is 37.2 Å². The SMILES string of the molecule is CC(C)Oc1cccc(OCCN2CCC[C@H](C#N)C2)c1. The van der Waals surface area contributed by atoms with Crippen LogP contribution in [0.2, 0.25) is 0 Å². The van der Waals surface area contributed by atoms with Crippen LogP contribution in [0.15, 0.2) is 24.3 Å². The molecule has 1 fully saturated rings. The van der Waals surface area contributed by atoms with Crippen molar-refractivity contribution in [3.05, 3.63) is 24.3 Å². The zero-order chi connectivity index (χ0) is 15.1. The van der Waals surface area contributed by atoms with Crippen LogP contribution < -0.4 is 9.47 Å². The van der Waals surface area contributed by atoms with Crippen LogP contribution in [0.5, 0.6) is 11.5 Å². The standard InChI is InChI=1S/C17H24N2O2/c1-14(2)21-17-7-3-6-16(11-17)20-10-9-19-8-4-5-15(12-18)13-19/h3,6-7,11,14-15H,4-5,8-10,13H2,1-2H3/t15-/m1/s1. The molecule has 4 nitrogen and oxygen atoms in total. The summed E-state index contributed by atoms with van der Waals surface area (Å²) in [6.07, 6.45) is 2.30. The molecule has 21 heavy (non-hydrogen) atoms. The molecule has 0 unspecified atom stereocenters. The summed E-state index contributed by atoms with van der Waals surface area (Å²) in [4.78, 5) is 2.31. The van der Waals surface area contributed by atoms with Gasteiger partial charge in [0, 0.05) is 19.2 Å². The van der Waals surface area contributed by atoms with Crippen LogP contribution in [0.4, 0.5) is 0 Å². The Bertz CT molecular complexity index is 482. The highest BCUT2D eigenvalue weighted by molar-refractivity contribution is 5.33. The van der Waals surface area contributed by atoms with E-state index >= 15 is 0 Å². The van der Waals surface area contributed by atoms with Gasteiger partial charge in [-0.2, -0.15) is 5.26 Å². The van der Waals surface area contributed by atoms with Crippen molar-refractivity contribution >= 4 is 0 Å². The molecule has 1 saturated heterocycles. The summed E-state index contributed by atoms with van der Waals surface area (Å²) in [6.45, 7) is 7.47. The zero-order valence-corrected chi connectivity index (χ0v) is 12.9. The molecule has 1 aromatic rings. The van der Waals surface area contributed by atoms with Gasteiger partial charge in [0.15, 0.2) is 0 Å². The lowest BCUT2D eigenvalue weighted by Crippen LogP contribution is -2.37. The molecule has 4 heteroatoms. The van der Waals surface area contributed by atoms with E-state index in [0.29, 0.717) is 6.61 Å². The molecule has 0 saturated carbocycles. The van der Waals surface area contributed by atoms with Crippen LogP contribution in [-0.2, 0) is 0 Å². The summed E-state index contributed by atoms with van der Waals surface area (Å²) >= 11 is 0. The van der Waals surface area contributed by atoms with E-state index in [1.54, 1.807) is 0 Å². The van der Waals surface area contributed by atoms with Gasteiger partial charge in [0.2, 0.25) is 0 Å². The predicted molar refractivity (Wildman–Crippen MR) is 82.5 cm³/mol. The Kier molecular flexibility index (Phi) is 5.89. The van der Waals surface area contributed by atoms with Gasteiger partial charge in [0.25, 0.3) is 0 Å². The van der Waals surface area contributed by atoms with Crippen molar-refractivity contribution in [3.8, 4) is 17.6 Å². The number of nitriles is 1. The van der Waals surface area contributed by atoms with Gasteiger partial charge >= 0.3 is 0 Å². The molecule has 1 heterocycles. The Morgan fingerprint density at radius 3 is 2.95 bits per heavy atom. The minimum atomic E-state index is 0.163. The minimum absolute atomic E-state index is 0.163. The average molecular weight is 288 g/mol. The highest BCUT2D eigenvalue weighted by Gasteiger charge is 2.18. The molecule has 0 aliphatic carbocycles. The van der Waals surface area contributed by atoms with Gasteiger partial charge < -0.3 is 9.47 Å². The lowest BCUT2D eigenvalue weighted by molar-refractivity contribution is 0.164. The van der Waals surface area contributed by atoms with E-state index in [1.165, 1.54) is 0 Å². The monoisotopic (exact) mass is 288 g/mol. The van der Waals surface area contributed by atoms with E-state index in [2.05, 4.69) is 11.0 Å². The molecule has 0 aromatic heterocycles. The second-order valence-electron chi connectivity index (χ2n) is 5.76. The number of hydrogen-bond acceptors (Lipinski definition) is 4. The number of rotatable bonds is 6. The molecule has 0 radical (unpaired) electrons. The van der Waals surface area contributed by atoms with Crippen molar-refractivity contribution in [1.82, 2.24) is 4.90 Å². The summed E-state index contributed by atoms with van der Waals surface area (Å²) in [5.74, 6) is 1.86. The average Bonchev–Trinajstić information content (AvgIpc) is 2.47. The summed E-state index contributed by atoms with van der Waals surface area (Å²) in [5.41, 5.74) is 0. The number of ether oxygens (including phenoxy) is 2. The molecule has 114 valence electrons. The second kappa shape index (κ2) is 7.90. The first-order valence-electron chi connectivity index (χ1n) is 7.69. The van der Waals surface area contributed by atoms with E-state index in [1.807, 2.05) is 38.1 Å². The topological polar surface area (TPSA) is 45.5 Å². The number of hydrogen-bond donors (Lipinski definition) is 0. The normalized spacial score (nSPS) is 19.2. The second-order valence-corrected chi connectivity index (χ2v) is 5.76. The van der Waals surface area contributed by atoms with Gasteiger partial charge in [0.05, 0.1) is 18.1 Å². The van der Waals surface area contributed by atoms with Crippen LogP contribution in [0.3, 0.4) is 0 Å². The van der Waals surface area contributed by atoms with Gasteiger partial charge in [-0.1, -0.05) is 6.07 Å². The smallest absolute Gasteiger partial charge is 0.123 e. The fourth-order valence-electron chi connectivity index (χ4n) is 2.57. The molecular formula is C17H24N2O2. The fourth-order valence-corrected chi connectivity index (χ4v) is 2.57. The van der Waals surface area contributed by atoms with Crippen molar-refractivity contribution in [2.24, 2.45) is 5.92 Å². The molecule has 1 atom stereocenters. The Morgan fingerprint density at radius 1 is 1.38 bits per heavy atom. The first-order valence-corrected chi connectivity index (χ1v) is 7.69. The molecule has 1 aromatic carbocycles. The summed E-state index contributed by atoms with van der Waals surface area (Å²) in [7, 11) is 0. The first kappa shape index (κ1) is 15.7. The number of nitrogens with zero attached hydrogens (tertiary/aromatic N) is 2. The van der Waals surface area contributed by atoms with Crippen LogP contribution in [0.25, 0.3) is 0 Å². The number of piperidine rings is 1. The quantitative estimate of drug-likeness (QED) is 0.807. The van der Waals surface area contributed by atoms with Gasteiger partial charge in [-0.15, -0.1) is 0 Å². The van der Waals surface area contributed by atoms with Crippen LogP contribution >= 0.6 is 0 Å². The Balaban J connectivity index is 1.77. The van der Waals surface area contributed by atoms with E-state index in [0.717, 1.165) is 44.0 Å². The largest absolute Gasteiger partial charge is 0.492 e. The highest BCUT2D eigenvalue weighted by atomic mass is 16.5. The van der Waals surface area contributed by atoms with Crippen molar-refractivity contribution < 1.29 is 9.47 Å². The molecule has 0 bridgehead atoms. The maximum absolute atomic E-state index is 8.99. The van der Waals surface area contributed by atoms with Gasteiger partial charge in [-0.25, -0.2) is 0 Å². The Labute approximate surface area is 127 Å². The number of likely N-dealkylation sites (tertiary alicyclic amines) is 1. The van der Waals surface area contributed by atoms with E-state index < -0.39 is 0 Å². The summed E-state index contributed by atoms with van der Waals surface area (Å²) in [5, 5.41) is 8.99. The molecule has 0 spiro atoms. The first-order chi connectivity index (χ1) is 10.2. The van der Waals surface area contributed by atoms with Gasteiger partial charge in [-0.05, 0) is 45.4 Å². The molecule has 1 aliphatic heterocycles. The number of benzene rings is 1. The third kappa shape index (κ3) is 5.28. The lowest BCUT2D eigenvalue weighted by atomic mass is 10.00. The summed E-state index contributed by atoms with van der Waals surface area (Å²) in [6, 6.07) is 10.1. The van der Waals surface area contributed by atoms with Gasteiger partial charge in [0.1, 0.15) is 18.1 Å². The van der Waals surface area contributed by atoms with Crippen molar-refractivity contribution in [2.45, 2.75) is 32.8 Å². The molecule has 1 aliphatic rings. The van der Waals surface area contributed by atoms with Crippen LogP contribution in [0.1, 0.15) is 26.7 Å². The van der Waals surface area contributed by atoms with Gasteiger partial charge in [-0.3, -0.25) is 4.90 Å². The van der Waals surface area contributed by atoms with Crippen molar-refractivity contribution in [2.75, 3.05) is 26.2 Å². The lowest BCUT2D eigenvalue weighted by Gasteiger charge is -2.29. The van der Waals surface area contributed by atoms with Crippen molar-refractivity contribution in [1.29, 1.82) is 5.26 Å². The summed E-state index contributed by atoms with van der Waals surface area (Å²) < 4.78 is 11.4. The van der Waals surface area contributed by atoms with E-state index in [-0.39, 0.29) is 12.0 Å². The highest BCUT2D eigenvalue weighted by Crippen LogP contribution is 2.21. The maximum atomic E-state index is 8.99. The van der Waals surface area contributed by atoms with E-state index in [9.17, 15) is 0 Å². The Morgan fingerprint density at radius 2 is 2.19 bits per heavy atom. The third-order valence-electron chi connectivity index (χ3n) is 3.54. The maximum Gasteiger partial charge on any atom is 0.123 e. The predicted octanol–water partition coefficient (Wildman–Crippen LogP) is 3.09. The minimum Gasteiger partial charge on any atom is -0.492 e.